The van der Waals surface area contributed by atoms with Gasteiger partial charge in [-0.25, -0.2) is 4.79 Å². The van der Waals surface area contributed by atoms with E-state index in [0.29, 0.717) is 28.9 Å². The molecule has 1 aromatic rings. The summed E-state index contributed by atoms with van der Waals surface area (Å²) in [6, 6.07) is 1.73. The van der Waals surface area contributed by atoms with Gasteiger partial charge in [-0.05, 0) is 43.4 Å². The van der Waals surface area contributed by atoms with Gasteiger partial charge in [0.15, 0.2) is 0 Å². The standard InChI is InChI=1S/C16H21ClO3/c1-11-15(16(18)19-2)9-14(20-11)8-13(10-17)12-6-4-3-5-7-12/h8-9,12H,3-7,10H2,1-2H3/b13-8-. The normalized spacial score (nSPS) is 17.2. The Hall–Kier alpha value is -1.22. The Morgan fingerprint density at radius 2 is 2.15 bits per heavy atom. The van der Waals surface area contributed by atoms with Gasteiger partial charge in [0.05, 0.1) is 7.11 Å². The molecule has 0 atom stereocenters. The van der Waals surface area contributed by atoms with Crippen LogP contribution in [0.25, 0.3) is 6.08 Å². The third-order valence-electron chi connectivity index (χ3n) is 3.95. The van der Waals surface area contributed by atoms with Gasteiger partial charge < -0.3 is 9.15 Å². The Morgan fingerprint density at radius 1 is 1.45 bits per heavy atom. The number of rotatable bonds is 4. The van der Waals surface area contributed by atoms with Crippen molar-refractivity contribution in [2.24, 2.45) is 5.92 Å². The molecule has 1 heterocycles. The topological polar surface area (TPSA) is 39.4 Å². The maximum atomic E-state index is 11.6. The van der Waals surface area contributed by atoms with E-state index in [1.54, 1.807) is 13.0 Å². The van der Waals surface area contributed by atoms with Gasteiger partial charge in [0.25, 0.3) is 0 Å². The molecule has 0 radical (unpaired) electrons. The van der Waals surface area contributed by atoms with E-state index < -0.39 is 0 Å². The minimum Gasteiger partial charge on any atom is -0.465 e. The molecule has 1 fully saturated rings. The number of halogens is 1. The molecule has 4 heteroatoms. The lowest BCUT2D eigenvalue weighted by Gasteiger charge is -2.23. The molecule has 2 rings (SSSR count). The summed E-state index contributed by atoms with van der Waals surface area (Å²) in [6.07, 6.45) is 8.23. The molecule has 3 nitrogen and oxygen atoms in total. The minimum atomic E-state index is -0.365. The van der Waals surface area contributed by atoms with Crippen molar-refractivity contribution < 1.29 is 13.9 Å². The maximum Gasteiger partial charge on any atom is 0.341 e. The first kappa shape index (κ1) is 15.2. The first-order valence-electron chi connectivity index (χ1n) is 7.11. The number of ether oxygens (including phenoxy) is 1. The quantitative estimate of drug-likeness (QED) is 0.603. The lowest BCUT2D eigenvalue weighted by atomic mass is 9.84. The molecule has 0 N–H and O–H groups in total. The van der Waals surface area contributed by atoms with Gasteiger partial charge in [-0.3, -0.25) is 0 Å². The van der Waals surface area contributed by atoms with Crippen LogP contribution < -0.4 is 0 Å². The summed E-state index contributed by atoms with van der Waals surface area (Å²) in [5.74, 6) is 1.96. The first-order chi connectivity index (χ1) is 9.65. The van der Waals surface area contributed by atoms with Crippen molar-refractivity contribution in [3.63, 3.8) is 0 Å². The van der Waals surface area contributed by atoms with Crippen LogP contribution in [-0.2, 0) is 4.74 Å². The number of alkyl halides is 1. The maximum absolute atomic E-state index is 11.6. The van der Waals surface area contributed by atoms with Crippen LogP contribution in [0, 0.1) is 12.8 Å². The molecule has 0 aromatic carbocycles. The zero-order chi connectivity index (χ0) is 14.5. The van der Waals surface area contributed by atoms with Crippen LogP contribution in [0.15, 0.2) is 16.1 Å². The van der Waals surface area contributed by atoms with Crippen LogP contribution in [0.5, 0.6) is 0 Å². The molecular weight excluding hydrogens is 276 g/mol. The Balaban J connectivity index is 2.21. The highest BCUT2D eigenvalue weighted by molar-refractivity contribution is 6.19. The van der Waals surface area contributed by atoms with Crippen molar-refractivity contribution >= 4 is 23.6 Å². The van der Waals surface area contributed by atoms with E-state index in [-0.39, 0.29) is 5.97 Å². The molecule has 0 spiro atoms. The summed E-state index contributed by atoms with van der Waals surface area (Å²) in [6.45, 7) is 1.77. The fourth-order valence-electron chi connectivity index (χ4n) is 2.81. The minimum absolute atomic E-state index is 0.365. The van der Waals surface area contributed by atoms with Gasteiger partial charge in [0.1, 0.15) is 17.1 Å². The van der Waals surface area contributed by atoms with Crippen molar-refractivity contribution in [3.05, 3.63) is 28.7 Å². The SMILES string of the molecule is COC(=O)c1cc(/C=C(/CCl)C2CCCCC2)oc1C. The lowest BCUT2D eigenvalue weighted by molar-refractivity contribution is 0.0599. The predicted molar refractivity (Wildman–Crippen MR) is 80.1 cm³/mol. The summed E-state index contributed by atoms with van der Waals surface area (Å²) < 4.78 is 10.4. The van der Waals surface area contributed by atoms with Gasteiger partial charge in [-0.15, -0.1) is 11.6 Å². The van der Waals surface area contributed by atoms with E-state index in [2.05, 4.69) is 0 Å². The molecule has 0 unspecified atom stereocenters. The van der Waals surface area contributed by atoms with Crippen LogP contribution in [0.1, 0.15) is 54.0 Å². The number of carbonyl (C=O) groups excluding carboxylic acids is 1. The second kappa shape index (κ2) is 6.98. The van der Waals surface area contributed by atoms with Crippen molar-refractivity contribution in [1.82, 2.24) is 0 Å². The number of methoxy groups -OCH3 is 1. The van der Waals surface area contributed by atoms with E-state index >= 15 is 0 Å². The van der Waals surface area contributed by atoms with Crippen molar-refractivity contribution in [1.29, 1.82) is 0 Å². The van der Waals surface area contributed by atoms with Crippen LogP contribution in [0.3, 0.4) is 0 Å². The summed E-state index contributed by atoms with van der Waals surface area (Å²) in [7, 11) is 1.37. The fraction of sp³-hybridized carbons (Fsp3) is 0.562. The average molecular weight is 297 g/mol. The largest absolute Gasteiger partial charge is 0.465 e. The van der Waals surface area contributed by atoms with Crippen LogP contribution in [-0.4, -0.2) is 19.0 Å². The number of esters is 1. The zero-order valence-electron chi connectivity index (χ0n) is 12.1. The lowest BCUT2D eigenvalue weighted by Crippen LogP contribution is -2.10. The van der Waals surface area contributed by atoms with Crippen molar-refractivity contribution in [2.75, 3.05) is 13.0 Å². The van der Waals surface area contributed by atoms with Crippen LogP contribution >= 0.6 is 11.6 Å². The van der Waals surface area contributed by atoms with E-state index in [1.807, 2.05) is 6.08 Å². The second-order valence-corrected chi connectivity index (χ2v) is 5.57. The third-order valence-corrected chi connectivity index (χ3v) is 4.26. The van der Waals surface area contributed by atoms with Crippen molar-refractivity contribution in [2.45, 2.75) is 39.0 Å². The number of furan rings is 1. The van der Waals surface area contributed by atoms with E-state index in [0.717, 1.165) is 0 Å². The highest BCUT2D eigenvalue weighted by Gasteiger charge is 2.19. The van der Waals surface area contributed by atoms with Gasteiger partial charge >= 0.3 is 5.97 Å². The Labute approximate surface area is 124 Å². The number of hydrogen-bond donors (Lipinski definition) is 0. The summed E-state index contributed by atoms with van der Waals surface area (Å²) in [5, 5.41) is 0. The molecule has 1 aromatic heterocycles. The van der Waals surface area contributed by atoms with Gasteiger partial charge in [0, 0.05) is 5.88 Å². The van der Waals surface area contributed by atoms with Crippen molar-refractivity contribution in [3.8, 4) is 0 Å². The average Bonchev–Trinajstić information content (AvgIpc) is 2.85. The van der Waals surface area contributed by atoms with E-state index in [9.17, 15) is 4.79 Å². The Kier molecular flexibility index (Phi) is 5.30. The number of hydrogen-bond acceptors (Lipinski definition) is 3. The third kappa shape index (κ3) is 3.45. The Bertz CT molecular complexity index is 496. The molecule has 0 bridgehead atoms. The monoisotopic (exact) mass is 296 g/mol. The van der Waals surface area contributed by atoms with Gasteiger partial charge in [-0.2, -0.15) is 0 Å². The predicted octanol–water partition coefficient (Wildman–Crippen LogP) is 4.58. The molecule has 1 saturated carbocycles. The summed E-state index contributed by atoms with van der Waals surface area (Å²) >= 11 is 6.09. The first-order valence-corrected chi connectivity index (χ1v) is 7.64. The van der Waals surface area contributed by atoms with E-state index in [4.69, 9.17) is 20.8 Å². The molecule has 1 aliphatic rings. The second-order valence-electron chi connectivity index (χ2n) is 5.30. The summed E-state index contributed by atoms with van der Waals surface area (Å²) in [4.78, 5) is 11.6. The van der Waals surface area contributed by atoms with Gasteiger partial charge in [-0.1, -0.05) is 19.3 Å². The number of carbonyl (C=O) groups is 1. The van der Waals surface area contributed by atoms with E-state index in [1.165, 1.54) is 44.8 Å². The smallest absolute Gasteiger partial charge is 0.341 e. The molecule has 0 aliphatic heterocycles. The Morgan fingerprint density at radius 3 is 2.75 bits per heavy atom. The number of aryl methyl sites for hydroxylation is 1. The van der Waals surface area contributed by atoms with Crippen LogP contribution in [0.4, 0.5) is 0 Å². The molecular formula is C16H21ClO3. The zero-order valence-corrected chi connectivity index (χ0v) is 12.8. The van der Waals surface area contributed by atoms with Crippen LogP contribution in [0.2, 0.25) is 0 Å². The highest BCUT2D eigenvalue weighted by atomic mass is 35.5. The molecule has 20 heavy (non-hydrogen) atoms. The molecule has 0 amide bonds. The molecule has 110 valence electrons. The molecule has 0 saturated heterocycles. The molecule has 1 aliphatic carbocycles. The van der Waals surface area contributed by atoms with Gasteiger partial charge in [0.2, 0.25) is 0 Å². The number of allylic oxidation sites excluding steroid dienone is 1. The fourth-order valence-corrected chi connectivity index (χ4v) is 3.11. The summed E-state index contributed by atoms with van der Waals surface area (Å²) in [5.41, 5.74) is 1.69. The highest BCUT2D eigenvalue weighted by Crippen LogP contribution is 2.32.